The highest BCUT2D eigenvalue weighted by Crippen LogP contribution is 2.12. The minimum absolute atomic E-state index is 0.186. The normalized spacial score (nSPS) is 12.7. The Bertz CT molecular complexity index is 358. The van der Waals surface area contributed by atoms with Gasteiger partial charge in [0.25, 0.3) is 0 Å². The molecule has 0 radical (unpaired) electrons. The van der Waals surface area contributed by atoms with Crippen molar-refractivity contribution >= 4 is 0 Å². The first-order valence-corrected chi connectivity index (χ1v) is 6.16. The lowest BCUT2D eigenvalue weighted by atomic mass is 10.0. The minimum Gasteiger partial charge on any atom is -0.382 e. The molecule has 0 aliphatic carbocycles. The van der Waals surface area contributed by atoms with E-state index in [4.69, 9.17) is 9.47 Å². The fourth-order valence-corrected chi connectivity index (χ4v) is 1.77. The molecule has 3 nitrogen and oxygen atoms in total. The highest BCUT2D eigenvalue weighted by atomic mass is 19.1. The lowest BCUT2D eigenvalue weighted by molar-refractivity contribution is 0.0597. The molecule has 0 aliphatic rings. The zero-order chi connectivity index (χ0) is 13.4. The third-order valence-corrected chi connectivity index (χ3v) is 2.93. The van der Waals surface area contributed by atoms with Crippen LogP contribution in [0.1, 0.15) is 11.1 Å². The van der Waals surface area contributed by atoms with Crippen molar-refractivity contribution in [3.63, 3.8) is 0 Å². The Labute approximate surface area is 108 Å². The van der Waals surface area contributed by atoms with Crippen LogP contribution in [-0.4, -0.2) is 40.0 Å². The van der Waals surface area contributed by atoms with Crippen molar-refractivity contribution in [3.05, 3.63) is 35.1 Å². The number of nitrogens with one attached hydrogen (secondary N) is 1. The quantitative estimate of drug-likeness (QED) is 0.720. The number of hydrogen-bond acceptors (Lipinski definition) is 3. The van der Waals surface area contributed by atoms with Crippen LogP contribution >= 0.6 is 0 Å². The van der Waals surface area contributed by atoms with E-state index in [0.717, 1.165) is 17.5 Å². The molecule has 4 heteroatoms. The summed E-state index contributed by atoms with van der Waals surface area (Å²) in [7, 11) is 3.56. The maximum atomic E-state index is 13.0. The van der Waals surface area contributed by atoms with Crippen molar-refractivity contribution in [2.75, 3.05) is 34.0 Å². The first-order chi connectivity index (χ1) is 8.67. The summed E-state index contributed by atoms with van der Waals surface area (Å²) in [5, 5.41) is 3.21. The van der Waals surface area contributed by atoms with Crippen LogP contribution in [0.4, 0.5) is 4.39 Å². The summed E-state index contributed by atoms with van der Waals surface area (Å²) < 4.78 is 23.4. The van der Waals surface area contributed by atoms with Gasteiger partial charge in [0.1, 0.15) is 5.82 Å². The maximum absolute atomic E-state index is 13.0. The number of likely N-dealkylation sites (N-methyl/N-ethyl adjacent to an activating group) is 1. The number of methoxy groups -OCH3 is 1. The lowest BCUT2D eigenvalue weighted by Crippen LogP contribution is -2.33. The third kappa shape index (κ3) is 5.12. The van der Waals surface area contributed by atoms with E-state index in [9.17, 15) is 4.39 Å². The summed E-state index contributed by atoms with van der Waals surface area (Å²) in [6.45, 7) is 3.75. The van der Waals surface area contributed by atoms with Gasteiger partial charge >= 0.3 is 0 Å². The molecule has 0 saturated heterocycles. The predicted molar refractivity (Wildman–Crippen MR) is 70.4 cm³/mol. The van der Waals surface area contributed by atoms with E-state index in [1.54, 1.807) is 13.2 Å². The fraction of sp³-hybridized carbons (Fsp3) is 0.571. The van der Waals surface area contributed by atoms with Gasteiger partial charge in [-0.1, -0.05) is 6.07 Å². The first-order valence-electron chi connectivity index (χ1n) is 6.16. The molecule has 1 aromatic rings. The second-order valence-electron chi connectivity index (χ2n) is 4.33. The Morgan fingerprint density at radius 3 is 2.72 bits per heavy atom. The molecule has 18 heavy (non-hydrogen) atoms. The third-order valence-electron chi connectivity index (χ3n) is 2.93. The smallest absolute Gasteiger partial charge is 0.123 e. The Balaban J connectivity index is 2.46. The molecule has 102 valence electrons. The van der Waals surface area contributed by atoms with Crippen LogP contribution < -0.4 is 5.32 Å². The summed E-state index contributed by atoms with van der Waals surface area (Å²) in [5.41, 5.74) is 2.12. The molecule has 1 rings (SSSR count). The summed E-state index contributed by atoms with van der Waals surface area (Å²) in [5.74, 6) is -0.186. The molecule has 0 bridgehead atoms. The standard InChI is InChI=1S/C14H22FNO2/c1-11-8-13(15)5-4-12(11)9-14(16-2)10-18-7-6-17-3/h4-5,8,14,16H,6-7,9-10H2,1-3H3. The molecule has 0 heterocycles. The molecule has 1 unspecified atom stereocenters. The van der Waals surface area contributed by atoms with Crippen molar-refractivity contribution in [1.82, 2.24) is 5.32 Å². The second kappa shape index (κ2) is 8.19. The van der Waals surface area contributed by atoms with Gasteiger partial charge in [0.05, 0.1) is 19.8 Å². The number of ether oxygens (including phenoxy) is 2. The van der Waals surface area contributed by atoms with Gasteiger partial charge in [0.2, 0.25) is 0 Å². The summed E-state index contributed by atoms with van der Waals surface area (Å²) in [6.07, 6.45) is 0.829. The number of rotatable bonds is 8. The van der Waals surface area contributed by atoms with Gasteiger partial charge in [0, 0.05) is 13.2 Å². The average Bonchev–Trinajstić information content (AvgIpc) is 2.35. The summed E-state index contributed by atoms with van der Waals surface area (Å²) in [4.78, 5) is 0. The van der Waals surface area contributed by atoms with Crippen LogP contribution in [0, 0.1) is 12.7 Å². The van der Waals surface area contributed by atoms with Crippen molar-refractivity contribution in [2.45, 2.75) is 19.4 Å². The molecule has 0 fully saturated rings. The average molecular weight is 255 g/mol. The monoisotopic (exact) mass is 255 g/mol. The number of halogens is 1. The summed E-state index contributed by atoms with van der Waals surface area (Å²) >= 11 is 0. The van der Waals surface area contributed by atoms with Crippen LogP contribution in [0.5, 0.6) is 0 Å². The number of benzene rings is 1. The molecule has 1 N–H and O–H groups in total. The van der Waals surface area contributed by atoms with Crippen molar-refractivity contribution < 1.29 is 13.9 Å². The second-order valence-corrected chi connectivity index (χ2v) is 4.33. The minimum atomic E-state index is -0.186. The van der Waals surface area contributed by atoms with E-state index >= 15 is 0 Å². The van der Waals surface area contributed by atoms with E-state index in [2.05, 4.69) is 5.32 Å². The molecule has 0 amide bonds. The molecule has 0 aliphatic heterocycles. The largest absolute Gasteiger partial charge is 0.382 e. The number of hydrogen-bond donors (Lipinski definition) is 1. The highest BCUT2D eigenvalue weighted by Gasteiger charge is 2.09. The number of aryl methyl sites for hydroxylation is 1. The Morgan fingerprint density at radius 2 is 2.11 bits per heavy atom. The van der Waals surface area contributed by atoms with Crippen molar-refractivity contribution in [3.8, 4) is 0 Å². The maximum Gasteiger partial charge on any atom is 0.123 e. The molecule has 0 saturated carbocycles. The van der Waals surface area contributed by atoms with Crippen molar-refractivity contribution in [2.24, 2.45) is 0 Å². The van der Waals surface area contributed by atoms with Crippen LogP contribution in [0.3, 0.4) is 0 Å². The zero-order valence-corrected chi connectivity index (χ0v) is 11.3. The van der Waals surface area contributed by atoms with Crippen LogP contribution in [0.25, 0.3) is 0 Å². The van der Waals surface area contributed by atoms with E-state index in [-0.39, 0.29) is 11.9 Å². The van der Waals surface area contributed by atoms with Crippen LogP contribution in [-0.2, 0) is 15.9 Å². The topological polar surface area (TPSA) is 30.5 Å². The SMILES string of the molecule is CNC(COCCOC)Cc1ccc(F)cc1C. The van der Waals surface area contributed by atoms with Gasteiger partial charge in [-0.15, -0.1) is 0 Å². The summed E-state index contributed by atoms with van der Waals surface area (Å²) in [6, 6.07) is 5.13. The van der Waals surface area contributed by atoms with Gasteiger partial charge in [-0.05, 0) is 43.7 Å². The van der Waals surface area contributed by atoms with E-state index in [1.165, 1.54) is 6.07 Å². The first kappa shape index (κ1) is 15.1. The fourth-order valence-electron chi connectivity index (χ4n) is 1.77. The van der Waals surface area contributed by atoms with Gasteiger partial charge in [0.15, 0.2) is 0 Å². The zero-order valence-electron chi connectivity index (χ0n) is 11.3. The molecular formula is C14H22FNO2. The van der Waals surface area contributed by atoms with Crippen LogP contribution in [0.2, 0.25) is 0 Å². The molecule has 0 aromatic heterocycles. The van der Waals surface area contributed by atoms with Gasteiger partial charge in [-0.3, -0.25) is 0 Å². The molecule has 1 atom stereocenters. The lowest BCUT2D eigenvalue weighted by Gasteiger charge is -2.17. The van der Waals surface area contributed by atoms with E-state index in [1.807, 2.05) is 20.0 Å². The van der Waals surface area contributed by atoms with Gasteiger partial charge in [-0.25, -0.2) is 4.39 Å². The van der Waals surface area contributed by atoms with Crippen LogP contribution in [0.15, 0.2) is 18.2 Å². The Kier molecular flexibility index (Phi) is 6.86. The molecule has 1 aromatic carbocycles. The molecule has 0 spiro atoms. The van der Waals surface area contributed by atoms with E-state index in [0.29, 0.717) is 19.8 Å². The van der Waals surface area contributed by atoms with E-state index < -0.39 is 0 Å². The predicted octanol–water partition coefficient (Wildman–Crippen LogP) is 1.93. The van der Waals surface area contributed by atoms with Gasteiger partial charge in [-0.2, -0.15) is 0 Å². The Hall–Kier alpha value is -0.970. The van der Waals surface area contributed by atoms with Gasteiger partial charge < -0.3 is 14.8 Å². The Morgan fingerprint density at radius 1 is 1.33 bits per heavy atom. The molecular weight excluding hydrogens is 233 g/mol. The highest BCUT2D eigenvalue weighted by molar-refractivity contribution is 5.27. The van der Waals surface area contributed by atoms with Crippen molar-refractivity contribution in [1.29, 1.82) is 0 Å².